The zero-order chi connectivity index (χ0) is 12.5. The second kappa shape index (κ2) is 4.30. The molecule has 6 heteroatoms. The molecule has 0 amide bonds. The molecule has 1 aromatic heterocycles. The molecule has 2 heterocycles. The van der Waals surface area contributed by atoms with Gasteiger partial charge in [-0.2, -0.15) is 0 Å². The molecule has 1 aromatic carbocycles. The Bertz CT molecular complexity index is 632. The Labute approximate surface area is 103 Å². The first kappa shape index (κ1) is 11.0. The summed E-state index contributed by atoms with van der Waals surface area (Å²) < 4.78 is 5.30. The highest BCUT2D eigenvalue weighted by Gasteiger charge is 2.16. The Hall–Kier alpha value is -2.08. The van der Waals surface area contributed by atoms with Gasteiger partial charge in [0.1, 0.15) is 0 Å². The average molecular weight is 246 g/mol. The highest BCUT2D eigenvalue weighted by atomic mass is 16.5. The second-order valence-electron chi connectivity index (χ2n) is 4.39. The van der Waals surface area contributed by atoms with Crippen LogP contribution in [0.5, 0.6) is 0 Å². The molecule has 94 valence electrons. The van der Waals surface area contributed by atoms with Gasteiger partial charge in [0.2, 0.25) is 0 Å². The maximum Gasteiger partial charge on any atom is 0.258 e. The van der Waals surface area contributed by atoms with Crippen molar-refractivity contribution in [3.63, 3.8) is 0 Å². The molecule has 0 radical (unpaired) electrons. The third-order valence-electron chi connectivity index (χ3n) is 3.10. The summed E-state index contributed by atoms with van der Waals surface area (Å²) in [7, 11) is 0. The third-order valence-corrected chi connectivity index (χ3v) is 3.10. The first-order valence-corrected chi connectivity index (χ1v) is 5.85. The van der Waals surface area contributed by atoms with Crippen LogP contribution >= 0.6 is 0 Å². The van der Waals surface area contributed by atoms with Crippen molar-refractivity contribution in [2.24, 2.45) is 0 Å². The minimum atomic E-state index is -0.178. The first-order chi connectivity index (χ1) is 8.74. The van der Waals surface area contributed by atoms with E-state index in [4.69, 9.17) is 10.5 Å². The Morgan fingerprint density at radius 1 is 1.50 bits per heavy atom. The molecule has 3 rings (SSSR count). The maximum absolute atomic E-state index is 11.6. The predicted molar refractivity (Wildman–Crippen MR) is 69.6 cm³/mol. The van der Waals surface area contributed by atoms with Crippen LogP contribution in [0, 0.1) is 0 Å². The number of fused-ring (bicyclic) bond motifs is 1. The Kier molecular flexibility index (Phi) is 2.64. The lowest BCUT2D eigenvalue weighted by atomic mass is 10.1. The first-order valence-electron chi connectivity index (χ1n) is 5.85. The number of nitrogens with two attached hydrogens (primary N) is 1. The summed E-state index contributed by atoms with van der Waals surface area (Å²) >= 11 is 0. The summed E-state index contributed by atoms with van der Waals surface area (Å²) in [6, 6.07) is 3.73. The van der Waals surface area contributed by atoms with Crippen LogP contribution in [0.4, 0.5) is 11.4 Å². The molecule has 18 heavy (non-hydrogen) atoms. The number of rotatable bonds is 2. The number of aromatic amines is 1. The molecule has 4 N–H and O–H groups in total. The molecule has 0 spiro atoms. The summed E-state index contributed by atoms with van der Waals surface area (Å²) in [4.78, 5) is 18.3. The van der Waals surface area contributed by atoms with Gasteiger partial charge in [0.05, 0.1) is 41.3 Å². The van der Waals surface area contributed by atoms with Gasteiger partial charge in [0, 0.05) is 6.61 Å². The van der Waals surface area contributed by atoms with Crippen molar-refractivity contribution in [2.75, 3.05) is 24.3 Å². The molecular formula is C12H14N4O2. The SMILES string of the molecule is Nc1cc2c(=O)[nH]cnc2cc1NC1CCOC1. The van der Waals surface area contributed by atoms with Crippen LogP contribution in [0.3, 0.4) is 0 Å². The number of nitrogens with one attached hydrogen (secondary N) is 2. The fourth-order valence-electron chi connectivity index (χ4n) is 2.13. The molecule has 2 aromatic rings. The van der Waals surface area contributed by atoms with Crippen molar-refractivity contribution < 1.29 is 4.74 Å². The quantitative estimate of drug-likeness (QED) is 0.678. The predicted octanol–water partition coefficient (Wildman–Crippen LogP) is 0.706. The van der Waals surface area contributed by atoms with E-state index in [1.807, 2.05) is 0 Å². The number of anilines is 2. The number of H-pyrrole nitrogens is 1. The van der Waals surface area contributed by atoms with Crippen LogP contribution in [0.2, 0.25) is 0 Å². The fourth-order valence-corrected chi connectivity index (χ4v) is 2.13. The van der Waals surface area contributed by atoms with Crippen molar-refractivity contribution >= 4 is 22.3 Å². The summed E-state index contributed by atoms with van der Waals surface area (Å²) in [5.74, 6) is 0. The number of nitrogen functional groups attached to an aromatic ring is 1. The van der Waals surface area contributed by atoms with Gasteiger partial charge in [-0.15, -0.1) is 0 Å². The normalized spacial score (nSPS) is 19.2. The van der Waals surface area contributed by atoms with E-state index < -0.39 is 0 Å². The molecule has 0 aliphatic carbocycles. The van der Waals surface area contributed by atoms with Gasteiger partial charge in [0.25, 0.3) is 5.56 Å². The zero-order valence-corrected chi connectivity index (χ0v) is 9.77. The lowest BCUT2D eigenvalue weighted by Crippen LogP contribution is -2.20. The van der Waals surface area contributed by atoms with Crippen molar-refractivity contribution in [1.29, 1.82) is 0 Å². The van der Waals surface area contributed by atoms with Crippen LogP contribution < -0.4 is 16.6 Å². The van der Waals surface area contributed by atoms with E-state index in [9.17, 15) is 4.79 Å². The molecule has 1 aliphatic heterocycles. The molecule has 1 saturated heterocycles. The van der Waals surface area contributed by atoms with Crippen LogP contribution in [0.1, 0.15) is 6.42 Å². The number of nitrogens with zero attached hydrogens (tertiary/aromatic N) is 1. The number of aromatic nitrogens is 2. The molecule has 1 atom stereocenters. The number of hydrogen-bond acceptors (Lipinski definition) is 5. The van der Waals surface area contributed by atoms with E-state index in [2.05, 4.69) is 15.3 Å². The van der Waals surface area contributed by atoms with Crippen LogP contribution in [0.25, 0.3) is 10.9 Å². The second-order valence-corrected chi connectivity index (χ2v) is 4.39. The Balaban J connectivity index is 2.02. The van der Waals surface area contributed by atoms with Gasteiger partial charge in [-0.05, 0) is 18.6 Å². The highest BCUT2D eigenvalue weighted by molar-refractivity contribution is 5.88. The molecule has 0 bridgehead atoms. The molecule has 6 nitrogen and oxygen atoms in total. The van der Waals surface area contributed by atoms with Crippen LogP contribution in [0.15, 0.2) is 23.3 Å². The van der Waals surface area contributed by atoms with E-state index in [-0.39, 0.29) is 11.6 Å². The zero-order valence-electron chi connectivity index (χ0n) is 9.77. The van der Waals surface area contributed by atoms with E-state index in [1.54, 1.807) is 12.1 Å². The largest absolute Gasteiger partial charge is 0.397 e. The molecular weight excluding hydrogens is 232 g/mol. The molecule has 1 unspecified atom stereocenters. The van der Waals surface area contributed by atoms with Crippen molar-refractivity contribution in [2.45, 2.75) is 12.5 Å². The third kappa shape index (κ3) is 1.91. The Morgan fingerprint density at radius 2 is 2.39 bits per heavy atom. The van der Waals surface area contributed by atoms with Gasteiger partial charge in [-0.1, -0.05) is 0 Å². The van der Waals surface area contributed by atoms with Gasteiger partial charge in [-0.25, -0.2) is 4.98 Å². The van der Waals surface area contributed by atoms with Gasteiger partial charge >= 0.3 is 0 Å². The van der Waals surface area contributed by atoms with Crippen molar-refractivity contribution in [3.05, 3.63) is 28.8 Å². The number of hydrogen-bond donors (Lipinski definition) is 3. The summed E-state index contributed by atoms with van der Waals surface area (Å²) in [6.45, 7) is 1.45. The molecule has 1 fully saturated rings. The number of ether oxygens (including phenoxy) is 1. The smallest absolute Gasteiger partial charge is 0.258 e. The van der Waals surface area contributed by atoms with Crippen LogP contribution in [-0.4, -0.2) is 29.2 Å². The van der Waals surface area contributed by atoms with Crippen LogP contribution in [-0.2, 0) is 4.74 Å². The van der Waals surface area contributed by atoms with Gasteiger partial charge in [0.15, 0.2) is 0 Å². The number of benzene rings is 1. The topological polar surface area (TPSA) is 93.0 Å². The lowest BCUT2D eigenvalue weighted by molar-refractivity contribution is 0.195. The summed E-state index contributed by atoms with van der Waals surface area (Å²) in [5.41, 5.74) is 7.76. The van der Waals surface area contributed by atoms with E-state index >= 15 is 0 Å². The van der Waals surface area contributed by atoms with Crippen molar-refractivity contribution in [1.82, 2.24) is 9.97 Å². The molecule has 1 aliphatic rings. The summed E-state index contributed by atoms with van der Waals surface area (Å²) in [6.07, 6.45) is 2.35. The van der Waals surface area contributed by atoms with Gasteiger partial charge < -0.3 is 20.8 Å². The monoisotopic (exact) mass is 246 g/mol. The molecule has 0 saturated carbocycles. The fraction of sp³-hybridized carbons (Fsp3) is 0.333. The van der Waals surface area contributed by atoms with E-state index in [0.29, 0.717) is 23.2 Å². The average Bonchev–Trinajstić information content (AvgIpc) is 2.84. The minimum Gasteiger partial charge on any atom is -0.397 e. The lowest BCUT2D eigenvalue weighted by Gasteiger charge is -2.14. The highest BCUT2D eigenvalue weighted by Crippen LogP contribution is 2.24. The minimum absolute atomic E-state index is 0.178. The maximum atomic E-state index is 11.6. The van der Waals surface area contributed by atoms with E-state index in [1.165, 1.54) is 6.33 Å². The standard InChI is InChI=1S/C12H14N4O2/c13-9-3-8-10(14-6-15-12(8)17)4-11(9)16-7-1-2-18-5-7/h3-4,6-7,16H,1-2,5,13H2,(H,14,15,17). The Morgan fingerprint density at radius 3 is 3.17 bits per heavy atom. The van der Waals surface area contributed by atoms with E-state index in [0.717, 1.165) is 18.7 Å². The van der Waals surface area contributed by atoms with Crippen molar-refractivity contribution in [3.8, 4) is 0 Å². The summed E-state index contributed by atoms with van der Waals surface area (Å²) in [5, 5.41) is 3.82. The van der Waals surface area contributed by atoms with Gasteiger partial charge in [-0.3, -0.25) is 4.79 Å².